The number of nitrogens with one attached hydrogen (secondary N) is 1. The molecule has 8 nitrogen and oxygen atoms in total. The number of carboxylic acids is 1. The molecule has 0 unspecified atom stereocenters. The molecule has 0 bridgehead atoms. The van der Waals surface area contributed by atoms with Crippen LogP contribution in [0, 0.1) is 5.92 Å². The van der Waals surface area contributed by atoms with Crippen LogP contribution in [0.25, 0.3) is 0 Å². The Morgan fingerprint density at radius 1 is 1.35 bits per heavy atom. The van der Waals surface area contributed by atoms with E-state index in [-0.39, 0.29) is 24.5 Å². The van der Waals surface area contributed by atoms with E-state index in [1.807, 2.05) is 0 Å². The summed E-state index contributed by atoms with van der Waals surface area (Å²) in [7, 11) is 0. The van der Waals surface area contributed by atoms with E-state index in [1.54, 1.807) is 11.0 Å². The molecule has 0 radical (unpaired) electrons. The van der Waals surface area contributed by atoms with Crippen LogP contribution in [0.2, 0.25) is 0 Å². The Bertz CT molecular complexity index is 537. The summed E-state index contributed by atoms with van der Waals surface area (Å²) in [6.07, 6.45) is 7.53. The predicted molar refractivity (Wildman–Crippen MR) is 81.5 cm³/mol. The summed E-state index contributed by atoms with van der Waals surface area (Å²) in [4.78, 5) is 28.8. The Balaban J connectivity index is 1.37. The van der Waals surface area contributed by atoms with Gasteiger partial charge in [0.15, 0.2) is 0 Å². The molecule has 2 aliphatic rings. The van der Waals surface area contributed by atoms with Crippen molar-refractivity contribution in [2.75, 3.05) is 13.1 Å². The fourth-order valence-corrected chi connectivity index (χ4v) is 3.02. The van der Waals surface area contributed by atoms with Gasteiger partial charge in [-0.2, -0.15) is 5.10 Å². The molecule has 2 aliphatic carbocycles. The molecule has 23 heavy (non-hydrogen) atoms. The minimum atomic E-state index is -0.772. The number of hydrogen-bond acceptors (Lipinski definition) is 5. The molecule has 1 amide bonds. The molecular weight excluding hydrogens is 298 g/mol. The van der Waals surface area contributed by atoms with Crippen LogP contribution in [0.1, 0.15) is 32.1 Å². The van der Waals surface area contributed by atoms with Gasteiger partial charge in [-0.1, -0.05) is 0 Å². The van der Waals surface area contributed by atoms with Crippen LogP contribution in [0.15, 0.2) is 12.7 Å². The Morgan fingerprint density at radius 3 is 2.74 bits per heavy atom. The number of aliphatic carboxylic acids is 1. The quantitative estimate of drug-likeness (QED) is 0.670. The minimum Gasteiger partial charge on any atom is -0.480 e. The molecule has 0 saturated heterocycles. The summed E-state index contributed by atoms with van der Waals surface area (Å²) in [5, 5.41) is 16.0. The largest absolute Gasteiger partial charge is 0.480 e. The number of aryl methyl sites for hydroxylation is 1. The van der Waals surface area contributed by atoms with Crippen molar-refractivity contribution in [3.8, 4) is 0 Å². The maximum absolute atomic E-state index is 11.9. The van der Waals surface area contributed by atoms with E-state index >= 15 is 0 Å². The zero-order chi connectivity index (χ0) is 16.2. The number of amides is 1. The van der Waals surface area contributed by atoms with Crippen LogP contribution in [0.4, 0.5) is 0 Å². The molecule has 3 rings (SSSR count). The third-order valence-corrected chi connectivity index (χ3v) is 4.56. The SMILES string of the molecule is O=C(O)CN(CC1CC1)C1CC(NC(=O)CCn2cncn2)C1. The lowest BCUT2D eigenvalue weighted by atomic mass is 9.85. The lowest BCUT2D eigenvalue weighted by Crippen LogP contribution is -2.55. The maximum Gasteiger partial charge on any atom is 0.317 e. The lowest BCUT2D eigenvalue weighted by molar-refractivity contribution is -0.140. The average Bonchev–Trinajstić information content (AvgIpc) is 3.11. The molecule has 1 heterocycles. The number of carbonyl (C=O) groups excluding carboxylic acids is 1. The zero-order valence-electron chi connectivity index (χ0n) is 13.1. The smallest absolute Gasteiger partial charge is 0.317 e. The standard InChI is InChI=1S/C15H23N5O3/c21-14(3-4-20-10-16-9-17-20)18-12-5-13(6-12)19(8-15(22)23)7-11-1-2-11/h9-13H,1-8H2,(H,18,21)(H,22,23). The Hall–Kier alpha value is -1.96. The second kappa shape index (κ2) is 7.08. The molecule has 2 saturated carbocycles. The monoisotopic (exact) mass is 321 g/mol. The maximum atomic E-state index is 11.9. The van der Waals surface area contributed by atoms with Crippen molar-refractivity contribution >= 4 is 11.9 Å². The number of rotatable bonds is 9. The van der Waals surface area contributed by atoms with Crippen molar-refractivity contribution in [3.05, 3.63) is 12.7 Å². The average molecular weight is 321 g/mol. The van der Waals surface area contributed by atoms with Crippen molar-refractivity contribution in [1.29, 1.82) is 0 Å². The highest BCUT2D eigenvalue weighted by molar-refractivity contribution is 5.76. The fourth-order valence-electron chi connectivity index (χ4n) is 3.02. The molecule has 0 aromatic carbocycles. The third kappa shape index (κ3) is 4.75. The molecule has 126 valence electrons. The first-order chi connectivity index (χ1) is 11.1. The minimum absolute atomic E-state index is 0.0101. The molecule has 2 N–H and O–H groups in total. The normalized spacial score (nSPS) is 23.5. The molecular formula is C15H23N5O3. The molecule has 1 aromatic heterocycles. The molecule has 0 atom stereocenters. The van der Waals surface area contributed by atoms with Gasteiger partial charge in [-0.3, -0.25) is 19.2 Å². The van der Waals surface area contributed by atoms with E-state index in [1.165, 1.54) is 19.2 Å². The summed E-state index contributed by atoms with van der Waals surface area (Å²) < 4.78 is 1.63. The topological polar surface area (TPSA) is 100 Å². The van der Waals surface area contributed by atoms with Gasteiger partial charge in [0.05, 0.1) is 13.1 Å². The summed E-state index contributed by atoms with van der Waals surface area (Å²) in [6, 6.07) is 0.450. The van der Waals surface area contributed by atoms with Crippen molar-refractivity contribution in [1.82, 2.24) is 25.0 Å². The second-order valence-corrected chi connectivity index (χ2v) is 6.56. The van der Waals surface area contributed by atoms with E-state index in [0.717, 1.165) is 19.4 Å². The van der Waals surface area contributed by atoms with Crippen molar-refractivity contribution in [2.24, 2.45) is 5.92 Å². The van der Waals surface area contributed by atoms with Gasteiger partial charge in [0.25, 0.3) is 0 Å². The van der Waals surface area contributed by atoms with Crippen molar-refractivity contribution < 1.29 is 14.7 Å². The van der Waals surface area contributed by atoms with E-state index < -0.39 is 5.97 Å². The van der Waals surface area contributed by atoms with Gasteiger partial charge in [-0.05, 0) is 31.6 Å². The predicted octanol–water partition coefficient (Wildman–Crippen LogP) is 0.112. The van der Waals surface area contributed by atoms with Gasteiger partial charge in [0.1, 0.15) is 12.7 Å². The Kier molecular flexibility index (Phi) is 4.90. The molecule has 2 fully saturated rings. The first kappa shape index (κ1) is 15.9. The highest BCUT2D eigenvalue weighted by atomic mass is 16.4. The van der Waals surface area contributed by atoms with Crippen molar-refractivity contribution in [3.63, 3.8) is 0 Å². The van der Waals surface area contributed by atoms with Crippen LogP contribution >= 0.6 is 0 Å². The Morgan fingerprint density at radius 2 is 2.13 bits per heavy atom. The van der Waals surface area contributed by atoms with Crippen molar-refractivity contribution in [2.45, 2.75) is 50.7 Å². The van der Waals surface area contributed by atoms with Gasteiger partial charge in [0, 0.05) is 25.0 Å². The first-order valence-electron chi connectivity index (χ1n) is 8.18. The summed E-state index contributed by atoms with van der Waals surface area (Å²) in [5.74, 6) is -0.0902. The van der Waals surface area contributed by atoms with Gasteiger partial charge in [-0.25, -0.2) is 4.98 Å². The van der Waals surface area contributed by atoms with Crippen LogP contribution in [0.5, 0.6) is 0 Å². The highest BCUT2D eigenvalue weighted by Gasteiger charge is 2.37. The number of hydrogen-bond donors (Lipinski definition) is 2. The van der Waals surface area contributed by atoms with Gasteiger partial charge < -0.3 is 10.4 Å². The number of aromatic nitrogens is 3. The molecule has 8 heteroatoms. The second-order valence-electron chi connectivity index (χ2n) is 6.56. The van der Waals surface area contributed by atoms with E-state index in [4.69, 9.17) is 5.11 Å². The highest BCUT2D eigenvalue weighted by Crippen LogP contribution is 2.33. The third-order valence-electron chi connectivity index (χ3n) is 4.56. The molecule has 0 aliphatic heterocycles. The van der Waals surface area contributed by atoms with E-state index in [0.29, 0.717) is 18.9 Å². The van der Waals surface area contributed by atoms with Gasteiger partial charge in [-0.15, -0.1) is 0 Å². The van der Waals surface area contributed by atoms with E-state index in [2.05, 4.69) is 20.3 Å². The molecule has 1 aromatic rings. The summed E-state index contributed by atoms with van der Waals surface area (Å²) in [5.41, 5.74) is 0. The molecule has 0 spiro atoms. The van der Waals surface area contributed by atoms with Crippen LogP contribution in [-0.2, 0) is 16.1 Å². The number of nitrogens with zero attached hydrogens (tertiary/aromatic N) is 4. The summed E-state index contributed by atoms with van der Waals surface area (Å²) >= 11 is 0. The van der Waals surface area contributed by atoms with Crippen LogP contribution in [0.3, 0.4) is 0 Å². The first-order valence-corrected chi connectivity index (χ1v) is 8.18. The zero-order valence-corrected chi connectivity index (χ0v) is 13.1. The van der Waals surface area contributed by atoms with Crippen LogP contribution in [-0.4, -0.2) is 61.8 Å². The van der Waals surface area contributed by atoms with E-state index in [9.17, 15) is 9.59 Å². The lowest BCUT2D eigenvalue weighted by Gasteiger charge is -2.42. The number of carboxylic acid groups (broad SMARTS) is 1. The Labute approximate surface area is 134 Å². The summed E-state index contributed by atoms with van der Waals surface area (Å²) in [6.45, 7) is 1.51. The van der Waals surface area contributed by atoms with Gasteiger partial charge in [0.2, 0.25) is 5.91 Å². The van der Waals surface area contributed by atoms with Crippen LogP contribution < -0.4 is 5.32 Å². The number of carbonyl (C=O) groups is 2. The van der Waals surface area contributed by atoms with Gasteiger partial charge >= 0.3 is 5.97 Å². The fraction of sp³-hybridized carbons (Fsp3) is 0.733.